The van der Waals surface area contributed by atoms with E-state index in [1.54, 1.807) is 28.3 Å². The van der Waals surface area contributed by atoms with Crippen LogP contribution in [-0.2, 0) is 0 Å². The zero-order valence-electron chi connectivity index (χ0n) is 13.0. The van der Waals surface area contributed by atoms with Gasteiger partial charge in [0.15, 0.2) is 20.9 Å². The maximum absolute atomic E-state index is 11.3. The first-order valence-electron chi connectivity index (χ1n) is 6.65. The number of ketones is 1. The Labute approximate surface area is 140 Å². The number of hydrogen-bond donors (Lipinski definition) is 0. The molecule has 0 saturated carbocycles. The van der Waals surface area contributed by atoms with Crippen molar-refractivity contribution in [1.82, 2.24) is 0 Å². The van der Waals surface area contributed by atoms with Crippen molar-refractivity contribution in [2.75, 3.05) is 21.3 Å². The summed E-state index contributed by atoms with van der Waals surface area (Å²) in [4.78, 5) is 11.3. The lowest BCUT2D eigenvalue weighted by Gasteiger charge is -2.08. The number of ether oxygens (including phenoxy) is 3. The molecule has 0 aliphatic carbocycles. The van der Waals surface area contributed by atoms with Gasteiger partial charge in [-0.15, -0.1) is 0 Å². The molecule has 22 heavy (non-hydrogen) atoms. The van der Waals surface area contributed by atoms with Crippen LogP contribution in [0.5, 0.6) is 17.2 Å². The van der Waals surface area contributed by atoms with Crippen LogP contribution in [0.25, 0.3) is 0 Å². The molecule has 4 nitrogen and oxygen atoms in total. The highest BCUT2D eigenvalue weighted by molar-refractivity contribution is 5.93. The van der Waals surface area contributed by atoms with E-state index in [1.807, 2.05) is 36.4 Å². The largest absolute Gasteiger partial charge is 0.496 e. The molecular weight excluding hydrogens is 395 g/mol. The standard InChI is InChI=1S/C17H18IO4/c1-11(19)12-5-7-13(8-6-12)18-17-15(21-3)9-14(20-2)10-16(17)22-4/h5-10H,1-4H3/q+1. The Bertz CT molecular complexity index is 640. The molecule has 0 N–H and O–H groups in total. The number of carbonyl (C=O) groups is 1. The van der Waals surface area contributed by atoms with Crippen molar-refractivity contribution >= 4 is 5.78 Å². The molecule has 2 aromatic rings. The number of hydrogen-bond acceptors (Lipinski definition) is 4. The molecule has 116 valence electrons. The smallest absolute Gasteiger partial charge is 0.366 e. The lowest BCUT2D eigenvalue weighted by atomic mass is 10.2. The lowest BCUT2D eigenvalue weighted by Crippen LogP contribution is -3.61. The van der Waals surface area contributed by atoms with Gasteiger partial charge in [-0.3, -0.25) is 4.79 Å². The van der Waals surface area contributed by atoms with Gasteiger partial charge in [0.2, 0.25) is 0 Å². The fourth-order valence-electron chi connectivity index (χ4n) is 1.91. The SMILES string of the molecule is COc1cc(OC)c([I+]c2ccc(C(C)=O)cc2)c(OC)c1. The Morgan fingerprint density at radius 1 is 0.909 bits per heavy atom. The Hall–Kier alpha value is -1.76. The zero-order chi connectivity index (χ0) is 16.1. The number of benzene rings is 2. The summed E-state index contributed by atoms with van der Waals surface area (Å²) in [6.07, 6.45) is 0. The number of methoxy groups -OCH3 is 3. The van der Waals surface area contributed by atoms with Gasteiger partial charge >= 0.3 is 21.2 Å². The number of carbonyl (C=O) groups excluding carboxylic acids is 1. The van der Waals surface area contributed by atoms with Crippen molar-refractivity contribution in [3.8, 4) is 17.2 Å². The molecule has 0 unspecified atom stereocenters. The Morgan fingerprint density at radius 2 is 1.45 bits per heavy atom. The molecule has 0 heterocycles. The maximum Gasteiger partial charge on any atom is 0.366 e. The third-order valence-electron chi connectivity index (χ3n) is 3.11. The molecule has 0 saturated heterocycles. The van der Waals surface area contributed by atoms with Crippen LogP contribution in [0.4, 0.5) is 0 Å². The Balaban J connectivity index is 2.37. The summed E-state index contributed by atoms with van der Waals surface area (Å²) < 4.78 is 18.5. The van der Waals surface area contributed by atoms with Crippen LogP contribution in [0.15, 0.2) is 36.4 Å². The first kappa shape index (κ1) is 16.6. The highest BCUT2D eigenvalue weighted by Gasteiger charge is 2.28. The minimum Gasteiger partial charge on any atom is -0.496 e. The molecule has 2 aromatic carbocycles. The average Bonchev–Trinajstić information content (AvgIpc) is 2.55. The second-order valence-electron chi connectivity index (χ2n) is 4.50. The fourth-order valence-corrected chi connectivity index (χ4v) is 4.54. The maximum atomic E-state index is 11.3. The number of rotatable bonds is 6. The summed E-state index contributed by atoms with van der Waals surface area (Å²) in [6, 6.07) is 11.4. The number of Topliss-reactive ketones (excluding diaryl/α,β-unsaturated/α-hetero) is 1. The van der Waals surface area contributed by atoms with Crippen LogP contribution in [0.3, 0.4) is 0 Å². The zero-order valence-corrected chi connectivity index (χ0v) is 15.1. The van der Waals surface area contributed by atoms with E-state index < -0.39 is 21.2 Å². The van der Waals surface area contributed by atoms with E-state index in [2.05, 4.69) is 0 Å². The number of halogens is 1. The van der Waals surface area contributed by atoms with E-state index in [4.69, 9.17) is 14.2 Å². The predicted octanol–water partition coefficient (Wildman–Crippen LogP) is 0.0434. The van der Waals surface area contributed by atoms with E-state index >= 15 is 0 Å². The molecule has 0 spiro atoms. The molecule has 0 amide bonds. The van der Waals surface area contributed by atoms with Crippen molar-refractivity contribution < 1.29 is 40.2 Å². The van der Waals surface area contributed by atoms with Crippen LogP contribution >= 0.6 is 0 Å². The molecule has 2 rings (SSSR count). The molecule has 0 fully saturated rings. The first-order chi connectivity index (χ1) is 10.6. The molecule has 5 heteroatoms. The van der Waals surface area contributed by atoms with Gasteiger partial charge < -0.3 is 14.2 Å². The summed E-state index contributed by atoms with van der Waals surface area (Å²) in [7, 11) is 4.89. The van der Waals surface area contributed by atoms with Gasteiger partial charge in [-0.1, -0.05) is 0 Å². The van der Waals surface area contributed by atoms with Crippen LogP contribution < -0.4 is 35.4 Å². The second kappa shape index (κ2) is 7.49. The normalized spacial score (nSPS) is 10.2. The van der Waals surface area contributed by atoms with Gasteiger partial charge in [0, 0.05) is 17.7 Å². The molecule has 0 aliphatic rings. The first-order valence-corrected chi connectivity index (χ1v) is 8.80. The lowest BCUT2D eigenvalue weighted by molar-refractivity contribution is -0.598. The van der Waals surface area contributed by atoms with Gasteiger partial charge in [0.05, 0.1) is 21.3 Å². The minimum absolute atomic E-state index is 0.0735. The summed E-state index contributed by atoms with van der Waals surface area (Å²) in [6.45, 7) is 1.57. The van der Waals surface area contributed by atoms with Crippen molar-refractivity contribution in [1.29, 1.82) is 0 Å². The summed E-state index contributed by atoms with van der Waals surface area (Å²) >= 11 is -0.495. The van der Waals surface area contributed by atoms with Crippen LogP contribution in [0.2, 0.25) is 0 Å². The summed E-state index contributed by atoms with van der Waals surface area (Å²) in [5, 5.41) is 0. The molecule has 0 radical (unpaired) electrons. The van der Waals surface area contributed by atoms with Crippen molar-refractivity contribution in [2.24, 2.45) is 0 Å². The molecule has 0 aliphatic heterocycles. The molecular formula is C17H18IO4+. The monoisotopic (exact) mass is 413 g/mol. The van der Waals surface area contributed by atoms with Gasteiger partial charge in [0.1, 0.15) is 5.75 Å². The minimum atomic E-state index is -0.495. The molecule has 0 aromatic heterocycles. The van der Waals surface area contributed by atoms with Crippen molar-refractivity contribution in [3.63, 3.8) is 0 Å². The van der Waals surface area contributed by atoms with Crippen molar-refractivity contribution in [2.45, 2.75) is 6.92 Å². The summed E-state index contributed by atoms with van der Waals surface area (Å²) in [5.74, 6) is 2.30. The quantitative estimate of drug-likeness (QED) is 0.496. The third-order valence-corrected chi connectivity index (χ3v) is 6.05. The van der Waals surface area contributed by atoms with Crippen molar-refractivity contribution in [3.05, 3.63) is 49.1 Å². The van der Waals surface area contributed by atoms with E-state index in [1.165, 1.54) is 3.57 Å². The second-order valence-corrected chi connectivity index (χ2v) is 7.37. The van der Waals surface area contributed by atoms with Gasteiger partial charge in [0.25, 0.3) is 3.57 Å². The van der Waals surface area contributed by atoms with E-state index in [0.29, 0.717) is 5.75 Å². The van der Waals surface area contributed by atoms with Crippen LogP contribution in [0.1, 0.15) is 17.3 Å². The van der Waals surface area contributed by atoms with Gasteiger partial charge in [-0.2, -0.15) is 0 Å². The third kappa shape index (κ3) is 3.71. The fraction of sp³-hybridized carbons (Fsp3) is 0.235. The Kier molecular flexibility index (Phi) is 5.65. The molecule has 0 atom stereocenters. The van der Waals surface area contributed by atoms with Gasteiger partial charge in [-0.05, 0) is 31.2 Å². The molecule has 0 bridgehead atoms. The highest BCUT2D eigenvalue weighted by Crippen LogP contribution is 2.27. The van der Waals surface area contributed by atoms with Gasteiger partial charge in [-0.25, -0.2) is 0 Å². The highest BCUT2D eigenvalue weighted by atomic mass is 127. The van der Waals surface area contributed by atoms with Crippen LogP contribution in [-0.4, -0.2) is 27.1 Å². The van der Waals surface area contributed by atoms with E-state index in [9.17, 15) is 4.79 Å². The Morgan fingerprint density at radius 3 is 1.86 bits per heavy atom. The predicted molar refractivity (Wildman–Crippen MR) is 79.9 cm³/mol. The van der Waals surface area contributed by atoms with E-state index in [-0.39, 0.29) is 5.78 Å². The van der Waals surface area contributed by atoms with E-state index in [0.717, 1.165) is 20.6 Å². The summed E-state index contributed by atoms with van der Waals surface area (Å²) in [5.41, 5.74) is 0.724. The topological polar surface area (TPSA) is 44.8 Å². The average molecular weight is 413 g/mol. The van der Waals surface area contributed by atoms with Crippen LogP contribution in [0, 0.1) is 7.14 Å².